The van der Waals surface area contributed by atoms with Gasteiger partial charge in [0, 0.05) is 16.7 Å². The first-order chi connectivity index (χ1) is 15.9. The van der Waals surface area contributed by atoms with Gasteiger partial charge >= 0.3 is 0 Å². The van der Waals surface area contributed by atoms with Gasteiger partial charge in [0.2, 0.25) is 0 Å². The molecule has 0 spiro atoms. The summed E-state index contributed by atoms with van der Waals surface area (Å²) in [6, 6.07) is 33.5. The average Bonchev–Trinajstić information content (AvgIpc) is 3.54. The number of aromatic nitrogens is 4. The molecule has 152 valence electrons. The quantitative estimate of drug-likeness (QED) is 0.306. The number of thiazole rings is 1. The monoisotopic (exact) mass is 430 g/mol. The normalized spacial score (nSPS) is 11.1. The molecule has 4 aromatic carbocycles. The van der Waals surface area contributed by atoms with E-state index in [1.165, 1.54) is 0 Å². The number of rotatable bonds is 4. The molecule has 6 aromatic rings. The van der Waals surface area contributed by atoms with E-state index < -0.39 is 0 Å². The molecule has 5 heteroatoms. The molecule has 2 aromatic heterocycles. The van der Waals surface area contributed by atoms with Crippen molar-refractivity contribution in [2.24, 2.45) is 0 Å². The van der Waals surface area contributed by atoms with E-state index in [0.29, 0.717) is 0 Å². The lowest BCUT2D eigenvalue weighted by Gasteiger charge is -2.17. The number of hydrogen-bond acceptors (Lipinski definition) is 4. The van der Waals surface area contributed by atoms with Crippen LogP contribution >= 0.6 is 11.3 Å². The SMILES string of the molecule is c1ccc(-c2cccc(-c3ccccc3)c2-n2ncnc2-c2ccc3scnc3c2)cc1. The van der Waals surface area contributed by atoms with Crippen LogP contribution in [-0.4, -0.2) is 19.7 Å². The standard InChI is InChI=1S/C27H18N4S/c1-3-8-19(9-4-1)22-12-7-13-23(20-10-5-2-6-11-20)26(22)31-27(28-17-30-31)21-14-15-25-24(16-21)29-18-32-25/h1-18H. The molecule has 0 saturated carbocycles. The molecule has 0 atom stereocenters. The Hall–Kier alpha value is -4.09. The second kappa shape index (κ2) is 7.87. The predicted molar refractivity (Wildman–Crippen MR) is 131 cm³/mol. The fraction of sp³-hybridized carbons (Fsp3) is 0. The van der Waals surface area contributed by atoms with E-state index in [4.69, 9.17) is 5.10 Å². The molecule has 0 fully saturated rings. The lowest BCUT2D eigenvalue weighted by atomic mass is 9.96. The summed E-state index contributed by atoms with van der Waals surface area (Å²) in [5, 5.41) is 4.69. The molecule has 32 heavy (non-hydrogen) atoms. The zero-order valence-electron chi connectivity index (χ0n) is 17.1. The summed E-state index contributed by atoms with van der Waals surface area (Å²) in [7, 11) is 0. The fourth-order valence-corrected chi connectivity index (χ4v) is 4.73. The molecule has 6 rings (SSSR count). The first-order valence-electron chi connectivity index (χ1n) is 10.4. The molecule has 2 heterocycles. The van der Waals surface area contributed by atoms with Crippen molar-refractivity contribution in [1.82, 2.24) is 19.7 Å². The van der Waals surface area contributed by atoms with Crippen molar-refractivity contribution in [3.63, 3.8) is 0 Å². The number of para-hydroxylation sites is 1. The Morgan fingerprint density at radius 3 is 2.00 bits per heavy atom. The van der Waals surface area contributed by atoms with Crippen LogP contribution in [0.25, 0.3) is 49.5 Å². The number of benzene rings is 4. The second-order valence-corrected chi connectivity index (χ2v) is 8.35. The number of fused-ring (bicyclic) bond motifs is 1. The Kier molecular flexibility index (Phi) is 4.59. The van der Waals surface area contributed by atoms with Crippen molar-refractivity contribution in [3.05, 3.63) is 109 Å². The van der Waals surface area contributed by atoms with Crippen molar-refractivity contribution < 1.29 is 0 Å². The zero-order valence-corrected chi connectivity index (χ0v) is 17.9. The van der Waals surface area contributed by atoms with E-state index >= 15 is 0 Å². The van der Waals surface area contributed by atoms with Gasteiger partial charge in [-0.1, -0.05) is 78.9 Å². The largest absolute Gasteiger partial charge is 0.245 e. The maximum absolute atomic E-state index is 4.69. The number of nitrogens with zero attached hydrogens (tertiary/aromatic N) is 4. The Bertz CT molecular complexity index is 1460. The molecule has 0 saturated heterocycles. The van der Waals surface area contributed by atoms with Crippen LogP contribution in [0.5, 0.6) is 0 Å². The van der Waals surface area contributed by atoms with Gasteiger partial charge in [0.05, 0.1) is 21.4 Å². The zero-order chi connectivity index (χ0) is 21.3. The van der Waals surface area contributed by atoms with Crippen LogP contribution in [-0.2, 0) is 0 Å². The van der Waals surface area contributed by atoms with E-state index in [0.717, 1.165) is 49.5 Å². The molecular formula is C27H18N4S. The molecule has 4 nitrogen and oxygen atoms in total. The maximum atomic E-state index is 4.69. The fourth-order valence-electron chi connectivity index (χ4n) is 4.07. The van der Waals surface area contributed by atoms with Crippen molar-refractivity contribution in [3.8, 4) is 39.3 Å². The lowest BCUT2D eigenvalue weighted by Crippen LogP contribution is -2.04. The molecule has 0 amide bonds. The van der Waals surface area contributed by atoms with Crippen molar-refractivity contribution in [2.45, 2.75) is 0 Å². The molecule has 0 radical (unpaired) electrons. The van der Waals surface area contributed by atoms with Crippen molar-refractivity contribution in [2.75, 3.05) is 0 Å². The molecule has 0 unspecified atom stereocenters. The van der Waals surface area contributed by atoms with Crippen molar-refractivity contribution in [1.29, 1.82) is 0 Å². The molecule has 0 bridgehead atoms. The highest BCUT2D eigenvalue weighted by molar-refractivity contribution is 7.16. The summed E-state index contributed by atoms with van der Waals surface area (Å²) in [4.78, 5) is 9.13. The molecule has 0 aliphatic rings. The topological polar surface area (TPSA) is 43.6 Å². The third kappa shape index (κ3) is 3.20. The van der Waals surface area contributed by atoms with Crippen LogP contribution in [0.4, 0.5) is 0 Å². The summed E-state index contributed by atoms with van der Waals surface area (Å²) >= 11 is 1.64. The molecule has 0 N–H and O–H groups in total. The van der Waals surface area contributed by atoms with Crippen LogP contribution in [0.2, 0.25) is 0 Å². The molecular weight excluding hydrogens is 412 g/mol. The van der Waals surface area contributed by atoms with Crippen LogP contribution in [0.15, 0.2) is 109 Å². The van der Waals surface area contributed by atoms with Gasteiger partial charge in [-0.3, -0.25) is 0 Å². The smallest absolute Gasteiger partial charge is 0.163 e. The minimum atomic E-state index is 0.792. The third-order valence-corrected chi connectivity index (χ3v) is 6.36. The highest BCUT2D eigenvalue weighted by Crippen LogP contribution is 2.37. The van der Waals surface area contributed by atoms with E-state index in [-0.39, 0.29) is 0 Å². The average molecular weight is 431 g/mol. The highest BCUT2D eigenvalue weighted by Gasteiger charge is 2.19. The second-order valence-electron chi connectivity index (χ2n) is 7.46. The summed E-state index contributed by atoms with van der Waals surface area (Å²) in [5.41, 5.74) is 9.33. The molecule has 0 aliphatic heterocycles. The predicted octanol–water partition coefficient (Wildman–Crippen LogP) is 6.88. The van der Waals surface area contributed by atoms with E-state index in [1.54, 1.807) is 17.7 Å². The first kappa shape index (κ1) is 18.7. The number of hydrogen-bond donors (Lipinski definition) is 0. The first-order valence-corrected chi connectivity index (χ1v) is 11.2. The lowest BCUT2D eigenvalue weighted by molar-refractivity contribution is 0.890. The van der Waals surface area contributed by atoms with Crippen LogP contribution < -0.4 is 0 Å². The summed E-state index contributed by atoms with van der Waals surface area (Å²) < 4.78 is 3.12. The van der Waals surface area contributed by atoms with Crippen LogP contribution in [0, 0.1) is 0 Å². The van der Waals surface area contributed by atoms with Gasteiger partial charge in [-0.05, 0) is 29.3 Å². The van der Waals surface area contributed by atoms with Gasteiger partial charge in [-0.2, -0.15) is 5.10 Å². The summed E-state index contributed by atoms with van der Waals surface area (Å²) in [6.07, 6.45) is 1.62. The highest BCUT2D eigenvalue weighted by atomic mass is 32.1. The minimum Gasteiger partial charge on any atom is -0.245 e. The van der Waals surface area contributed by atoms with Gasteiger partial charge < -0.3 is 0 Å². The Labute approximate surface area is 189 Å². The summed E-state index contributed by atoms with van der Waals surface area (Å²) in [5.74, 6) is 0.792. The van der Waals surface area contributed by atoms with Crippen LogP contribution in [0.1, 0.15) is 0 Å². The van der Waals surface area contributed by atoms with Gasteiger partial charge in [-0.15, -0.1) is 11.3 Å². The van der Waals surface area contributed by atoms with Crippen molar-refractivity contribution >= 4 is 21.6 Å². The van der Waals surface area contributed by atoms with Gasteiger partial charge in [0.15, 0.2) is 5.82 Å². The van der Waals surface area contributed by atoms with E-state index in [2.05, 4.69) is 94.9 Å². The Balaban J connectivity index is 1.63. The Morgan fingerprint density at radius 2 is 1.31 bits per heavy atom. The third-order valence-electron chi connectivity index (χ3n) is 5.55. The van der Waals surface area contributed by atoms with Gasteiger partial charge in [0.1, 0.15) is 6.33 Å². The molecule has 0 aliphatic carbocycles. The minimum absolute atomic E-state index is 0.792. The van der Waals surface area contributed by atoms with E-state index in [1.807, 2.05) is 22.3 Å². The Morgan fingerprint density at radius 1 is 0.625 bits per heavy atom. The maximum Gasteiger partial charge on any atom is 0.163 e. The van der Waals surface area contributed by atoms with E-state index in [9.17, 15) is 0 Å². The van der Waals surface area contributed by atoms with Gasteiger partial charge in [0.25, 0.3) is 0 Å². The summed E-state index contributed by atoms with van der Waals surface area (Å²) in [6.45, 7) is 0. The van der Waals surface area contributed by atoms with Crippen LogP contribution in [0.3, 0.4) is 0 Å². The van der Waals surface area contributed by atoms with Gasteiger partial charge in [-0.25, -0.2) is 14.6 Å².